The third kappa shape index (κ3) is 4.14. The summed E-state index contributed by atoms with van der Waals surface area (Å²) in [6, 6.07) is 19.3. The van der Waals surface area contributed by atoms with E-state index >= 15 is 0 Å². The van der Waals surface area contributed by atoms with Gasteiger partial charge in [0.1, 0.15) is 12.4 Å². The molecule has 1 N–H and O–H groups in total. The number of rotatable bonds is 6. The molecule has 3 aromatic carbocycles. The molecular weight excluding hydrogens is 369 g/mol. The van der Waals surface area contributed by atoms with Gasteiger partial charge in [0.25, 0.3) is 5.91 Å². The second-order valence-corrected chi connectivity index (χ2v) is 6.61. The van der Waals surface area contributed by atoms with Crippen LogP contribution in [0.25, 0.3) is 11.6 Å². The maximum absolute atomic E-state index is 13.1. The molecule has 29 heavy (non-hydrogen) atoms. The van der Waals surface area contributed by atoms with Crippen molar-refractivity contribution in [3.05, 3.63) is 89.2 Å². The first-order chi connectivity index (χ1) is 14.1. The Morgan fingerprint density at radius 1 is 0.966 bits per heavy atom. The number of anilines is 1. The topological polar surface area (TPSA) is 47.6 Å². The smallest absolute Gasteiger partial charge is 0.256 e. The van der Waals surface area contributed by atoms with Gasteiger partial charge in [-0.25, -0.2) is 4.39 Å². The van der Waals surface area contributed by atoms with Gasteiger partial charge in [0.2, 0.25) is 0 Å². The molecule has 0 aromatic heterocycles. The number of hydrogen-bond acceptors (Lipinski definition) is 3. The van der Waals surface area contributed by atoms with Crippen LogP contribution >= 0.6 is 0 Å². The zero-order valence-corrected chi connectivity index (χ0v) is 15.9. The number of halogens is 1. The number of carbonyl (C=O) groups excluding carboxylic acids is 1. The average Bonchev–Trinajstić information content (AvgIpc) is 3.04. The number of fused-ring (bicyclic) bond motifs is 1. The minimum Gasteiger partial charge on any atom is -0.490 e. The van der Waals surface area contributed by atoms with Crippen molar-refractivity contribution in [3.63, 3.8) is 0 Å². The fourth-order valence-corrected chi connectivity index (χ4v) is 3.19. The zero-order chi connectivity index (χ0) is 20.2. The van der Waals surface area contributed by atoms with Crippen LogP contribution in [0.2, 0.25) is 0 Å². The third-order valence-electron chi connectivity index (χ3n) is 4.60. The highest BCUT2D eigenvalue weighted by molar-refractivity contribution is 6.34. The maximum atomic E-state index is 13.1. The van der Waals surface area contributed by atoms with E-state index in [0.717, 1.165) is 22.4 Å². The Morgan fingerprint density at radius 3 is 2.55 bits per heavy atom. The summed E-state index contributed by atoms with van der Waals surface area (Å²) < 4.78 is 24.7. The van der Waals surface area contributed by atoms with Gasteiger partial charge >= 0.3 is 0 Å². The molecule has 146 valence electrons. The summed E-state index contributed by atoms with van der Waals surface area (Å²) >= 11 is 0. The van der Waals surface area contributed by atoms with E-state index in [1.807, 2.05) is 55.5 Å². The van der Waals surface area contributed by atoms with Crippen LogP contribution in [0, 0.1) is 5.82 Å². The fourth-order valence-electron chi connectivity index (χ4n) is 3.19. The Kier molecular flexibility index (Phi) is 5.29. The van der Waals surface area contributed by atoms with Crippen LogP contribution in [0.5, 0.6) is 11.5 Å². The van der Waals surface area contributed by atoms with Crippen molar-refractivity contribution in [2.24, 2.45) is 0 Å². The van der Waals surface area contributed by atoms with Crippen LogP contribution in [0.4, 0.5) is 10.1 Å². The standard InChI is InChI=1S/C24H20FNO3/c1-2-28-23-14-17(13-20-19-5-3-4-6-21(19)26-24(20)27)9-12-22(23)29-15-16-7-10-18(25)11-8-16/h3-14H,2,15H2,1H3,(H,26,27)/b20-13-. The van der Waals surface area contributed by atoms with E-state index in [1.54, 1.807) is 12.1 Å². The molecule has 0 unspecified atom stereocenters. The highest BCUT2D eigenvalue weighted by Gasteiger charge is 2.23. The van der Waals surface area contributed by atoms with Gasteiger partial charge in [-0.3, -0.25) is 4.79 Å². The summed E-state index contributed by atoms with van der Waals surface area (Å²) in [4.78, 5) is 12.3. The Bertz CT molecular complexity index is 1070. The summed E-state index contributed by atoms with van der Waals surface area (Å²) in [6.07, 6.45) is 1.84. The molecule has 5 heteroatoms. The molecule has 0 fully saturated rings. The van der Waals surface area contributed by atoms with Gasteiger partial charge in [0, 0.05) is 16.8 Å². The number of nitrogens with one attached hydrogen (secondary N) is 1. The highest BCUT2D eigenvalue weighted by Crippen LogP contribution is 2.35. The largest absolute Gasteiger partial charge is 0.490 e. The van der Waals surface area contributed by atoms with Gasteiger partial charge in [0.05, 0.1) is 6.61 Å². The summed E-state index contributed by atoms with van der Waals surface area (Å²) in [6.45, 7) is 2.68. The molecule has 0 atom stereocenters. The lowest BCUT2D eigenvalue weighted by Gasteiger charge is -2.13. The van der Waals surface area contributed by atoms with Crippen molar-refractivity contribution < 1.29 is 18.7 Å². The van der Waals surface area contributed by atoms with E-state index in [-0.39, 0.29) is 11.7 Å². The zero-order valence-electron chi connectivity index (χ0n) is 15.9. The summed E-state index contributed by atoms with van der Waals surface area (Å²) in [7, 11) is 0. The van der Waals surface area contributed by atoms with Crippen molar-refractivity contribution in [2.45, 2.75) is 13.5 Å². The van der Waals surface area contributed by atoms with Gasteiger partial charge in [0.15, 0.2) is 11.5 Å². The molecule has 3 aromatic rings. The molecule has 0 saturated heterocycles. The van der Waals surface area contributed by atoms with Gasteiger partial charge in [-0.15, -0.1) is 0 Å². The molecular formula is C24H20FNO3. The summed E-state index contributed by atoms with van der Waals surface area (Å²) in [5.41, 5.74) is 4.01. The van der Waals surface area contributed by atoms with Crippen molar-refractivity contribution in [1.29, 1.82) is 0 Å². The lowest BCUT2D eigenvalue weighted by Crippen LogP contribution is -2.03. The Balaban J connectivity index is 1.59. The first kappa shape index (κ1) is 18.7. The molecule has 1 aliphatic rings. The SMILES string of the molecule is CCOc1cc(/C=C2\C(=O)Nc3ccccc32)ccc1OCc1ccc(F)cc1. The van der Waals surface area contributed by atoms with Gasteiger partial charge in [-0.2, -0.15) is 0 Å². The second-order valence-electron chi connectivity index (χ2n) is 6.61. The molecule has 1 amide bonds. The van der Waals surface area contributed by atoms with E-state index in [4.69, 9.17) is 9.47 Å². The first-order valence-electron chi connectivity index (χ1n) is 9.40. The summed E-state index contributed by atoms with van der Waals surface area (Å²) in [5.74, 6) is 0.782. The molecule has 0 bridgehead atoms. The van der Waals surface area contributed by atoms with Crippen molar-refractivity contribution in [1.82, 2.24) is 0 Å². The van der Waals surface area contributed by atoms with E-state index in [9.17, 15) is 9.18 Å². The van der Waals surface area contributed by atoms with E-state index in [0.29, 0.717) is 30.3 Å². The summed E-state index contributed by atoms with van der Waals surface area (Å²) in [5, 5.41) is 2.87. The Morgan fingerprint density at radius 2 is 1.76 bits per heavy atom. The lowest BCUT2D eigenvalue weighted by molar-refractivity contribution is -0.110. The number of benzene rings is 3. The van der Waals surface area contributed by atoms with E-state index in [2.05, 4.69) is 5.32 Å². The Labute approximate surface area is 168 Å². The van der Waals surface area contributed by atoms with Crippen LogP contribution in [0.3, 0.4) is 0 Å². The minimum absolute atomic E-state index is 0.124. The van der Waals surface area contributed by atoms with Crippen LogP contribution in [-0.4, -0.2) is 12.5 Å². The molecule has 0 aliphatic carbocycles. The first-order valence-corrected chi connectivity index (χ1v) is 9.40. The van der Waals surface area contributed by atoms with Gasteiger partial charge in [-0.1, -0.05) is 36.4 Å². The predicted molar refractivity (Wildman–Crippen MR) is 111 cm³/mol. The number of amides is 1. The quantitative estimate of drug-likeness (QED) is 0.582. The number of carbonyl (C=O) groups is 1. The Hall–Kier alpha value is -3.60. The van der Waals surface area contributed by atoms with Gasteiger partial charge in [-0.05, 0) is 54.5 Å². The molecule has 4 rings (SSSR count). The number of ether oxygens (including phenoxy) is 2. The van der Waals surface area contributed by atoms with Crippen molar-refractivity contribution in [2.75, 3.05) is 11.9 Å². The molecule has 1 aliphatic heterocycles. The van der Waals surface area contributed by atoms with Gasteiger partial charge < -0.3 is 14.8 Å². The molecule has 0 saturated carbocycles. The second kappa shape index (κ2) is 8.19. The van der Waals surface area contributed by atoms with Crippen LogP contribution in [0.1, 0.15) is 23.6 Å². The maximum Gasteiger partial charge on any atom is 0.256 e. The fraction of sp³-hybridized carbons (Fsp3) is 0.125. The highest BCUT2D eigenvalue weighted by atomic mass is 19.1. The number of hydrogen-bond donors (Lipinski definition) is 1. The van der Waals surface area contributed by atoms with Crippen molar-refractivity contribution in [3.8, 4) is 11.5 Å². The van der Waals surface area contributed by atoms with Crippen molar-refractivity contribution >= 4 is 23.2 Å². The van der Waals surface area contributed by atoms with Crippen LogP contribution < -0.4 is 14.8 Å². The molecule has 4 nitrogen and oxygen atoms in total. The molecule has 0 spiro atoms. The third-order valence-corrected chi connectivity index (χ3v) is 4.60. The molecule has 1 heterocycles. The van der Waals surface area contributed by atoms with E-state index < -0.39 is 0 Å². The monoisotopic (exact) mass is 389 g/mol. The van der Waals surface area contributed by atoms with Crippen LogP contribution in [0.15, 0.2) is 66.7 Å². The normalized spacial score (nSPS) is 13.9. The minimum atomic E-state index is -0.279. The lowest BCUT2D eigenvalue weighted by atomic mass is 10.0. The number of para-hydroxylation sites is 1. The average molecular weight is 389 g/mol. The van der Waals surface area contributed by atoms with Crippen LogP contribution in [-0.2, 0) is 11.4 Å². The van der Waals surface area contributed by atoms with E-state index in [1.165, 1.54) is 12.1 Å². The molecule has 0 radical (unpaired) electrons. The predicted octanol–water partition coefficient (Wildman–Crippen LogP) is 5.30.